The maximum Gasteiger partial charge on any atom is 0.265 e. The van der Waals surface area contributed by atoms with Gasteiger partial charge < -0.3 is 4.90 Å². The number of hydrogen-bond donors (Lipinski definition) is 0. The second-order valence-electron chi connectivity index (χ2n) is 9.43. The van der Waals surface area contributed by atoms with E-state index in [2.05, 4.69) is 15.9 Å². The van der Waals surface area contributed by atoms with Gasteiger partial charge in [-0.05, 0) is 45.9 Å². The third kappa shape index (κ3) is 5.13. The Morgan fingerprint density at radius 2 is 1.38 bits per heavy atom. The van der Waals surface area contributed by atoms with Crippen molar-refractivity contribution >= 4 is 43.2 Å². The van der Waals surface area contributed by atoms with Gasteiger partial charge in [-0.2, -0.15) is 0 Å². The van der Waals surface area contributed by atoms with E-state index in [1.807, 2.05) is 32.6 Å². The van der Waals surface area contributed by atoms with Crippen molar-refractivity contribution < 1.29 is 18.0 Å². The van der Waals surface area contributed by atoms with Crippen molar-refractivity contribution in [2.24, 2.45) is 0 Å². The fourth-order valence-corrected chi connectivity index (χ4v) is 6.61. The molecule has 0 saturated heterocycles. The summed E-state index contributed by atoms with van der Waals surface area (Å²) in [6.45, 7) is 7.50. The summed E-state index contributed by atoms with van der Waals surface area (Å²) < 4.78 is 29.9. The Balaban J connectivity index is 2.02. The Bertz CT molecular complexity index is 1460. The molecule has 3 aromatic rings. The molecular weight excluding hydrogens is 552 g/mol. The van der Waals surface area contributed by atoms with Crippen LogP contribution in [0.25, 0.3) is 5.70 Å². The summed E-state index contributed by atoms with van der Waals surface area (Å²) in [5, 5.41) is 0. The number of sulfonamides is 1. The smallest absolute Gasteiger partial charge is 0.265 e. The van der Waals surface area contributed by atoms with Gasteiger partial charge in [-0.25, -0.2) is 8.42 Å². The van der Waals surface area contributed by atoms with Gasteiger partial charge in [-0.15, -0.1) is 0 Å². The third-order valence-corrected chi connectivity index (χ3v) is 8.59. The Kier molecular flexibility index (Phi) is 7.71. The highest BCUT2D eigenvalue weighted by molar-refractivity contribution is 9.10. The lowest BCUT2D eigenvalue weighted by atomic mass is 9.99. The molecule has 37 heavy (non-hydrogen) atoms. The van der Waals surface area contributed by atoms with Crippen molar-refractivity contribution in [2.75, 3.05) is 6.54 Å². The number of rotatable bonds is 8. The average molecular weight is 582 g/mol. The molecule has 0 amide bonds. The zero-order valence-corrected chi connectivity index (χ0v) is 23.6. The number of benzene rings is 3. The quantitative estimate of drug-likeness (QED) is 0.305. The van der Waals surface area contributed by atoms with Gasteiger partial charge in [0.15, 0.2) is 5.78 Å². The molecular formula is C29H29BrN2O4S. The number of halogens is 1. The molecule has 8 heteroatoms. The van der Waals surface area contributed by atoms with Gasteiger partial charge >= 0.3 is 0 Å². The molecule has 0 radical (unpaired) electrons. The number of carbonyl (C=O) groups excluding carboxylic acids is 2. The lowest BCUT2D eigenvalue weighted by Gasteiger charge is -2.42. The number of nitrogens with zero attached hydrogens (tertiary/aromatic N) is 2. The number of hydrogen-bond acceptors (Lipinski definition) is 5. The number of fused-ring (bicyclic) bond motifs is 1. The fraction of sp³-hybridized carbons (Fsp3) is 0.241. The van der Waals surface area contributed by atoms with Gasteiger partial charge in [-0.3, -0.25) is 13.9 Å². The minimum atomic E-state index is -4.22. The summed E-state index contributed by atoms with van der Waals surface area (Å²) >= 11 is 3.36. The second-order valence-corrected chi connectivity index (χ2v) is 12.2. The first-order valence-corrected chi connectivity index (χ1v) is 14.3. The molecule has 0 atom stereocenters. The van der Waals surface area contributed by atoms with Gasteiger partial charge in [0, 0.05) is 33.2 Å². The van der Waals surface area contributed by atoms with Crippen LogP contribution in [0.4, 0.5) is 0 Å². The van der Waals surface area contributed by atoms with E-state index in [1.165, 1.54) is 6.07 Å². The number of Topliss-reactive ketones (excluding diaryl/α,β-unsaturated/α-hetero) is 2. The first-order valence-electron chi connectivity index (χ1n) is 12.1. The second kappa shape index (κ2) is 10.6. The van der Waals surface area contributed by atoms with E-state index in [4.69, 9.17) is 0 Å². The monoisotopic (exact) mass is 580 g/mol. The molecule has 1 aliphatic heterocycles. The van der Waals surface area contributed by atoms with Crippen molar-refractivity contribution in [3.8, 4) is 0 Å². The summed E-state index contributed by atoms with van der Waals surface area (Å²) in [6.07, 6.45) is 0. The molecule has 4 rings (SSSR count). The summed E-state index contributed by atoms with van der Waals surface area (Å²) in [4.78, 5) is 29.6. The van der Waals surface area contributed by atoms with Crippen molar-refractivity contribution in [1.82, 2.24) is 9.21 Å². The molecule has 192 valence electrons. The largest absolute Gasteiger partial charge is 0.364 e. The zero-order valence-electron chi connectivity index (χ0n) is 21.2. The van der Waals surface area contributed by atoms with Crippen LogP contribution < -0.4 is 0 Å². The van der Waals surface area contributed by atoms with E-state index in [-0.39, 0.29) is 22.7 Å². The molecule has 0 unspecified atom stereocenters. The molecule has 0 bridgehead atoms. The van der Waals surface area contributed by atoms with E-state index in [0.717, 1.165) is 8.78 Å². The fourth-order valence-electron chi connectivity index (χ4n) is 4.71. The maximum absolute atomic E-state index is 14.1. The summed E-state index contributed by atoms with van der Waals surface area (Å²) in [5.41, 5.74) is 1.65. The van der Waals surface area contributed by atoms with Crippen LogP contribution in [0, 0.1) is 0 Å². The van der Waals surface area contributed by atoms with Crippen molar-refractivity contribution in [3.05, 3.63) is 106 Å². The lowest BCUT2D eigenvalue weighted by molar-refractivity contribution is 0.0956. The highest BCUT2D eigenvalue weighted by atomic mass is 79.9. The van der Waals surface area contributed by atoms with Gasteiger partial charge in [0.25, 0.3) is 10.0 Å². The molecule has 0 aromatic heterocycles. The van der Waals surface area contributed by atoms with E-state index < -0.39 is 28.1 Å². The minimum Gasteiger partial charge on any atom is -0.364 e. The predicted molar refractivity (Wildman–Crippen MR) is 149 cm³/mol. The number of ketones is 2. The molecule has 3 aromatic carbocycles. The first-order chi connectivity index (χ1) is 17.5. The van der Waals surface area contributed by atoms with E-state index >= 15 is 0 Å². The molecule has 1 aliphatic rings. The highest BCUT2D eigenvalue weighted by Crippen LogP contribution is 2.41. The van der Waals surface area contributed by atoms with Crippen LogP contribution in [0.5, 0.6) is 0 Å². The minimum absolute atomic E-state index is 0.0160. The number of carbonyl (C=O) groups is 2. The predicted octanol–water partition coefficient (Wildman–Crippen LogP) is 6.01. The van der Waals surface area contributed by atoms with Crippen LogP contribution in [0.3, 0.4) is 0 Å². The molecule has 0 aliphatic carbocycles. The Morgan fingerprint density at radius 3 is 1.97 bits per heavy atom. The van der Waals surface area contributed by atoms with E-state index in [9.17, 15) is 18.0 Å². The topological polar surface area (TPSA) is 74.8 Å². The standard InChI is InChI=1S/C29H29BrN2O4S/c1-19(2)32(20(3)4)27-24-12-8-9-13-26(24)37(35,36)31(18-25(33)21-14-16-23(30)17-15-21)28(27)29(34)22-10-6-5-7-11-22/h5-17,19-20H,18H2,1-4H3. The molecule has 1 heterocycles. The maximum atomic E-state index is 14.1. The summed E-state index contributed by atoms with van der Waals surface area (Å²) in [7, 11) is -4.22. The molecule has 0 fully saturated rings. The van der Waals surface area contributed by atoms with Gasteiger partial charge in [0.2, 0.25) is 5.78 Å². The van der Waals surface area contributed by atoms with E-state index in [0.29, 0.717) is 22.4 Å². The van der Waals surface area contributed by atoms with E-state index in [1.54, 1.807) is 72.8 Å². The van der Waals surface area contributed by atoms with Crippen molar-refractivity contribution in [2.45, 2.75) is 44.7 Å². The van der Waals surface area contributed by atoms with Crippen LogP contribution >= 0.6 is 15.9 Å². The number of allylic oxidation sites excluding steroid dienone is 1. The van der Waals surface area contributed by atoms with Crippen LogP contribution in [0.1, 0.15) is 54.0 Å². The summed E-state index contributed by atoms with van der Waals surface area (Å²) in [5.74, 6) is -0.864. The Morgan fingerprint density at radius 1 is 0.811 bits per heavy atom. The summed E-state index contributed by atoms with van der Waals surface area (Å²) in [6, 6.07) is 21.9. The SMILES string of the molecule is CC(C)N(C1=C(C(=O)c2ccccc2)N(CC(=O)c2ccc(Br)cc2)S(=O)(=O)c2ccccc21)C(C)C. The van der Waals surface area contributed by atoms with Crippen molar-refractivity contribution in [1.29, 1.82) is 0 Å². The zero-order chi connectivity index (χ0) is 26.9. The first kappa shape index (κ1) is 26.8. The molecule has 0 saturated carbocycles. The molecule has 0 N–H and O–H groups in total. The normalized spacial score (nSPS) is 14.6. The third-order valence-electron chi connectivity index (χ3n) is 6.26. The van der Waals surface area contributed by atoms with Crippen LogP contribution in [0.15, 0.2) is 93.9 Å². The van der Waals surface area contributed by atoms with Crippen LogP contribution in [-0.4, -0.2) is 47.8 Å². The van der Waals surface area contributed by atoms with Crippen LogP contribution in [-0.2, 0) is 10.0 Å². The van der Waals surface area contributed by atoms with Gasteiger partial charge in [0.05, 0.1) is 17.1 Å². The lowest BCUT2D eigenvalue weighted by Crippen LogP contribution is -2.46. The average Bonchev–Trinajstić information content (AvgIpc) is 2.87. The van der Waals surface area contributed by atoms with Gasteiger partial charge in [-0.1, -0.05) is 76.6 Å². The highest BCUT2D eigenvalue weighted by Gasteiger charge is 2.43. The Hall–Kier alpha value is -3.23. The molecule has 0 spiro atoms. The van der Waals surface area contributed by atoms with Crippen LogP contribution in [0.2, 0.25) is 0 Å². The molecule has 6 nitrogen and oxygen atoms in total. The van der Waals surface area contributed by atoms with Crippen molar-refractivity contribution in [3.63, 3.8) is 0 Å². The Labute approximate surface area is 226 Å². The van der Waals surface area contributed by atoms with Gasteiger partial charge in [0.1, 0.15) is 5.70 Å².